The Hall–Kier alpha value is -1.83. The van der Waals surface area contributed by atoms with E-state index in [9.17, 15) is 10.1 Å². The molecule has 2 atom stereocenters. The van der Waals surface area contributed by atoms with Gasteiger partial charge in [-0.25, -0.2) is 0 Å². The first-order valence-corrected chi connectivity index (χ1v) is 7.72. The van der Waals surface area contributed by atoms with Gasteiger partial charge in [0.15, 0.2) is 5.92 Å². The lowest BCUT2D eigenvalue weighted by atomic mass is 9.81. The van der Waals surface area contributed by atoms with Crippen molar-refractivity contribution in [2.45, 2.75) is 5.92 Å². The maximum absolute atomic E-state index is 12.0. The van der Waals surface area contributed by atoms with Gasteiger partial charge in [-0.2, -0.15) is 5.26 Å². The summed E-state index contributed by atoms with van der Waals surface area (Å²) >= 11 is 9.31. The third-order valence-corrected chi connectivity index (χ3v) is 4.17. The molecule has 0 aliphatic rings. The topological polar surface area (TPSA) is 50.1 Å². The zero-order chi connectivity index (χ0) is 16.1. The van der Waals surface area contributed by atoms with Crippen molar-refractivity contribution in [3.63, 3.8) is 0 Å². The molecule has 0 fully saturated rings. The van der Waals surface area contributed by atoms with Crippen LogP contribution in [0.2, 0.25) is 5.02 Å². The van der Waals surface area contributed by atoms with Crippen molar-refractivity contribution in [3.05, 3.63) is 69.2 Å². The molecule has 0 N–H and O–H groups in total. The van der Waals surface area contributed by atoms with Gasteiger partial charge in [-0.3, -0.25) is 4.79 Å². The van der Waals surface area contributed by atoms with Crippen LogP contribution in [0.15, 0.2) is 53.0 Å². The van der Waals surface area contributed by atoms with Crippen LogP contribution >= 0.6 is 27.5 Å². The van der Waals surface area contributed by atoms with E-state index in [2.05, 4.69) is 22.0 Å². The number of ether oxygens (including phenoxy) is 1. The number of methoxy groups -OCH3 is 1. The van der Waals surface area contributed by atoms with E-state index in [1.165, 1.54) is 7.11 Å². The Bertz CT molecular complexity index is 647. The molecule has 0 saturated carbocycles. The van der Waals surface area contributed by atoms with Crippen LogP contribution in [0.3, 0.4) is 0 Å². The Kier molecular flexibility index (Phi) is 5.59. The lowest BCUT2D eigenvalue weighted by molar-refractivity contribution is -0.143. The summed E-state index contributed by atoms with van der Waals surface area (Å²) in [5, 5.41) is 10.0. The molecule has 0 spiro atoms. The highest BCUT2D eigenvalue weighted by Crippen LogP contribution is 2.34. The molecule has 112 valence electrons. The normalized spacial score (nSPS) is 13.0. The summed E-state index contributed by atoms with van der Waals surface area (Å²) in [6.07, 6.45) is 0. The second-order valence-electron chi connectivity index (χ2n) is 4.71. The number of nitriles is 1. The van der Waals surface area contributed by atoms with Crippen LogP contribution in [-0.2, 0) is 9.53 Å². The fourth-order valence-corrected chi connectivity index (χ4v) is 2.70. The number of benzene rings is 2. The molecule has 0 radical (unpaired) electrons. The van der Waals surface area contributed by atoms with Crippen LogP contribution in [-0.4, -0.2) is 13.1 Å². The molecule has 0 heterocycles. The molecule has 0 aliphatic carbocycles. The number of nitrogens with zero attached hydrogens (tertiary/aromatic N) is 1. The van der Waals surface area contributed by atoms with Crippen molar-refractivity contribution in [3.8, 4) is 6.07 Å². The number of carbonyl (C=O) groups is 1. The van der Waals surface area contributed by atoms with Gasteiger partial charge in [0.1, 0.15) is 0 Å². The summed E-state index contributed by atoms with van der Waals surface area (Å²) in [5.74, 6) is -1.89. The first kappa shape index (κ1) is 16.5. The Morgan fingerprint density at radius 2 is 1.64 bits per heavy atom. The van der Waals surface area contributed by atoms with E-state index in [0.29, 0.717) is 5.02 Å². The largest absolute Gasteiger partial charge is 0.468 e. The minimum atomic E-state index is -0.924. The molecule has 22 heavy (non-hydrogen) atoms. The van der Waals surface area contributed by atoms with Crippen LogP contribution in [0.5, 0.6) is 0 Å². The standard InChI is InChI=1S/C17H13BrClNO2/c1-22-17(21)15(10-20)16(11-2-6-13(18)7-3-11)12-4-8-14(19)9-5-12/h2-9,15-16H,1H3/t15?,16-/m1/s1. The maximum atomic E-state index is 12.0. The summed E-state index contributed by atoms with van der Waals surface area (Å²) < 4.78 is 5.71. The number of hydrogen-bond donors (Lipinski definition) is 0. The highest BCUT2D eigenvalue weighted by atomic mass is 79.9. The first-order valence-electron chi connectivity index (χ1n) is 6.55. The zero-order valence-electron chi connectivity index (χ0n) is 11.8. The molecule has 0 amide bonds. The van der Waals surface area contributed by atoms with Gasteiger partial charge in [-0.1, -0.05) is 51.8 Å². The molecule has 3 nitrogen and oxygen atoms in total. The quantitative estimate of drug-likeness (QED) is 0.734. The average Bonchev–Trinajstić information content (AvgIpc) is 2.54. The zero-order valence-corrected chi connectivity index (χ0v) is 14.1. The van der Waals surface area contributed by atoms with E-state index >= 15 is 0 Å². The first-order chi connectivity index (χ1) is 10.6. The molecule has 1 unspecified atom stereocenters. The van der Waals surface area contributed by atoms with Crippen LogP contribution in [0, 0.1) is 17.2 Å². The SMILES string of the molecule is COC(=O)C(C#N)[C@@H](c1ccc(Cl)cc1)c1ccc(Br)cc1. The predicted molar refractivity (Wildman–Crippen MR) is 88.6 cm³/mol. The van der Waals surface area contributed by atoms with E-state index < -0.39 is 17.8 Å². The van der Waals surface area contributed by atoms with Crippen molar-refractivity contribution in [1.29, 1.82) is 5.26 Å². The maximum Gasteiger partial charge on any atom is 0.324 e. The molecule has 0 saturated heterocycles. The summed E-state index contributed by atoms with van der Waals surface area (Å²) in [6, 6.07) is 16.7. The van der Waals surface area contributed by atoms with Crippen molar-refractivity contribution >= 4 is 33.5 Å². The summed E-state index contributed by atoms with van der Waals surface area (Å²) in [7, 11) is 1.28. The summed E-state index contributed by atoms with van der Waals surface area (Å²) in [6.45, 7) is 0. The van der Waals surface area contributed by atoms with Gasteiger partial charge < -0.3 is 4.74 Å². The van der Waals surface area contributed by atoms with Crippen LogP contribution in [0.25, 0.3) is 0 Å². The minimum Gasteiger partial charge on any atom is -0.468 e. The molecule has 0 aliphatic heterocycles. The van der Waals surface area contributed by atoms with E-state index in [4.69, 9.17) is 16.3 Å². The summed E-state index contributed by atoms with van der Waals surface area (Å²) in [4.78, 5) is 12.0. The van der Waals surface area contributed by atoms with Gasteiger partial charge >= 0.3 is 5.97 Å². The van der Waals surface area contributed by atoms with E-state index in [0.717, 1.165) is 15.6 Å². The van der Waals surface area contributed by atoms with Crippen molar-refractivity contribution in [1.82, 2.24) is 0 Å². The van der Waals surface area contributed by atoms with E-state index in [1.807, 2.05) is 36.4 Å². The molecule has 2 aromatic carbocycles. The molecule has 0 aromatic heterocycles. The van der Waals surface area contributed by atoms with E-state index in [1.54, 1.807) is 12.1 Å². The van der Waals surface area contributed by atoms with Gasteiger partial charge in [0, 0.05) is 15.4 Å². The van der Waals surface area contributed by atoms with Gasteiger partial charge in [-0.05, 0) is 35.4 Å². The predicted octanol–water partition coefficient (Wildman–Crippen LogP) is 4.55. The highest BCUT2D eigenvalue weighted by molar-refractivity contribution is 9.10. The number of carbonyl (C=O) groups excluding carboxylic acids is 1. The lowest BCUT2D eigenvalue weighted by Gasteiger charge is -2.21. The minimum absolute atomic E-state index is 0.414. The Morgan fingerprint density at radius 3 is 2.09 bits per heavy atom. The van der Waals surface area contributed by atoms with Gasteiger partial charge in [0.2, 0.25) is 0 Å². The molecular weight excluding hydrogens is 366 g/mol. The Labute approximate surface area is 142 Å². The number of rotatable bonds is 4. The third kappa shape index (κ3) is 3.68. The lowest BCUT2D eigenvalue weighted by Crippen LogP contribution is -2.23. The Balaban J connectivity index is 2.53. The second kappa shape index (κ2) is 7.44. The summed E-state index contributed by atoms with van der Waals surface area (Å²) in [5.41, 5.74) is 1.70. The Morgan fingerprint density at radius 1 is 1.14 bits per heavy atom. The molecular formula is C17H13BrClNO2. The third-order valence-electron chi connectivity index (χ3n) is 3.39. The highest BCUT2D eigenvalue weighted by Gasteiger charge is 2.31. The average molecular weight is 379 g/mol. The van der Waals surface area contributed by atoms with Gasteiger partial charge in [-0.15, -0.1) is 0 Å². The number of esters is 1. The fourth-order valence-electron chi connectivity index (χ4n) is 2.31. The second-order valence-corrected chi connectivity index (χ2v) is 6.06. The van der Waals surface area contributed by atoms with Crippen molar-refractivity contribution < 1.29 is 9.53 Å². The van der Waals surface area contributed by atoms with Crippen molar-refractivity contribution in [2.75, 3.05) is 7.11 Å². The van der Waals surface area contributed by atoms with Gasteiger partial charge in [0.25, 0.3) is 0 Å². The number of halogens is 2. The van der Waals surface area contributed by atoms with Gasteiger partial charge in [0.05, 0.1) is 13.2 Å². The van der Waals surface area contributed by atoms with Crippen LogP contribution < -0.4 is 0 Å². The monoisotopic (exact) mass is 377 g/mol. The van der Waals surface area contributed by atoms with Crippen LogP contribution in [0.1, 0.15) is 17.0 Å². The van der Waals surface area contributed by atoms with Crippen molar-refractivity contribution in [2.24, 2.45) is 5.92 Å². The fraction of sp³-hybridized carbons (Fsp3) is 0.176. The molecule has 2 aromatic rings. The van der Waals surface area contributed by atoms with E-state index in [-0.39, 0.29) is 0 Å². The smallest absolute Gasteiger partial charge is 0.324 e. The van der Waals surface area contributed by atoms with Crippen LogP contribution in [0.4, 0.5) is 0 Å². The number of hydrogen-bond acceptors (Lipinski definition) is 3. The molecule has 2 rings (SSSR count). The molecule has 0 bridgehead atoms. The molecule has 5 heteroatoms.